The topological polar surface area (TPSA) is 49.9 Å². The highest BCUT2D eigenvalue weighted by molar-refractivity contribution is 7.10. The second kappa shape index (κ2) is 11.4. The molecular formula is C30H34N2O3S. The molecule has 5 nitrogen and oxygen atoms in total. The lowest BCUT2D eigenvalue weighted by Crippen LogP contribution is -2.46. The Balaban J connectivity index is 1.32. The molecule has 2 aromatic carbocycles. The van der Waals surface area contributed by atoms with Crippen LogP contribution in [-0.4, -0.2) is 47.4 Å². The van der Waals surface area contributed by atoms with Gasteiger partial charge < -0.3 is 14.5 Å². The SMILES string of the molecule is Cc1ccsc1CN(Cc1ccccc1)C(=O)CN(CC1CCCO1)C(=O)C1CC1c1ccccc1. The Morgan fingerprint density at radius 2 is 1.72 bits per heavy atom. The summed E-state index contributed by atoms with van der Waals surface area (Å²) < 4.78 is 5.87. The number of carbonyl (C=O) groups excluding carboxylic acids is 2. The van der Waals surface area contributed by atoms with Crippen molar-refractivity contribution in [1.82, 2.24) is 9.80 Å². The van der Waals surface area contributed by atoms with Crippen LogP contribution < -0.4 is 0 Å². The van der Waals surface area contributed by atoms with Crippen LogP contribution in [0, 0.1) is 12.8 Å². The monoisotopic (exact) mass is 502 g/mol. The maximum Gasteiger partial charge on any atom is 0.242 e. The molecule has 3 aromatic rings. The molecule has 1 saturated heterocycles. The number of hydrogen-bond donors (Lipinski definition) is 0. The van der Waals surface area contributed by atoms with Gasteiger partial charge in [0, 0.05) is 30.5 Å². The van der Waals surface area contributed by atoms with E-state index in [2.05, 4.69) is 30.5 Å². The van der Waals surface area contributed by atoms with Crippen LogP contribution in [0.3, 0.4) is 0 Å². The third-order valence-electron chi connectivity index (χ3n) is 7.29. The van der Waals surface area contributed by atoms with Crippen molar-refractivity contribution in [1.29, 1.82) is 0 Å². The standard InChI is InChI=1S/C30H34N2O3S/c1-22-14-16-36-28(22)20-31(18-23-9-4-2-5-10-23)29(33)21-32(19-25-13-8-15-35-25)30(34)27-17-26(27)24-11-6-3-7-12-24/h2-7,9-12,14,16,25-27H,8,13,15,17-21H2,1H3. The number of thiophene rings is 1. The van der Waals surface area contributed by atoms with Crippen LogP contribution in [0.5, 0.6) is 0 Å². The first-order chi connectivity index (χ1) is 17.6. The van der Waals surface area contributed by atoms with Crippen LogP contribution in [-0.2, 0) is 27.4 Å². The van der Waals surface area contributed by atoms with Gasteiger partial charge in [-0.3, -0.25) is 9.59 Å². The molecule has 188 valence electrons. The van der Waals surface area contributed by atoms with Crippen molar-refractivity contribution in [3.05, 3.63) is 93.7 Å². The molecule has 36 heavy (non-hydrogen) atoms. The van der Waals surface area contributed by atoms with Crippen LogP contribution in [0.25, 0.3) is 0 Å². The molecule has 0 N–H and O–H groups in total. The van der Waals surface area contributed by atoms with Gasteiger partial charge in [-0.15, -0.1) is 11.3 Å². The number of nitrogens with zero attached hydrogens (tertiary/aromatic N) is 2. The minimum absolute atomic E-state index is 0.0118. The number of rotatable bonds is 10. The van der Waals surface area contributed by atoms with Gasteiger partial charge in [-0.2, -0.15) is 0 Å². The molecule has 6 heteroatoms. The minimum Gasteiger partial charge on any atom is -0.376 e. The van der Waals surface area contributed by atoms with Crippen molar-refractivity contribution in [2.45, 2.75) is 51.3 Å². The van der Waals surface area contributed by atoms with E-state index in [0.717, 1.165) is 31.4 Å². The van der Waals surface area contributed by atoms with E-state index < -0.39 is 0 Å². The fourth-order valence-electron chi connectivity index (χ4n) is 5.08. The Morgan fingerprint density at radius 3 is 2.39 bits per heavy atom. The average molecular weight is 503 g/mol. The molecule has 3 unspecified atom stereocenters. The Labute approximate surface area is 217 Å². The van der Waals surface area contributed by atoms with Gasteiger partial charge >= 0.3 is 0 Å². The number of hydrogen-bond acceptors (Lipinski definition) is 4. The molecular weight excluding hydrogens is 468 g/mol. The maximum absolute atomic E-state index is 13.8. The molecule has 2 heterocycles. The van der Waals surface area contributed by atoms with Crippen molar-refractivity contribution >= 4 is 23.2 Å². The summed E-state index contributed by atoms with van der Waals surface area (Å²) in [5.41, 5.74) is 3.49. The normalized spacial score (nSPS) is 20.8. The minimum atomic E-state index is -0.0521. The number of benzene rings is 2. The summed E-state index contributed by atoms with van der Waals surface area (Å²) in [7, 11) is 0. The summed E-state index contributed by atoms with van der Waals surface area (Å²) in [6.45, 7) is 4.47. The van der Waals surface area contributed by atoms with Gasteiger partial charge in [0.2, 0.25) is 11.8 Å². The molecule has 1 saturated carbocycles. The smallest absolute Gasteiger partial charge is 0.242 e. The average Bonchev–Trinajstić information content (AvgIpc) is 3.34. The van der Waals surface area contributed by atoms with Gasteiger partial charge in [0.15, 0.2) is 0 Å². The predicted octanol–water partition coefficient (Wildman–Crippen LogP) is 5.40. The summed E-state index contributed by atoms with van der Waals surface area (Å²) in [4.78, 5) is 32.3. The zero-order chi connectivity index (χ0) is 24.9. The van der Waals surface area contributed by atoms with Crippen molar-refractivity contribution in [2.24, 2.45) is 5.92 Å². The molecule has 2 aliphatic rings. The van der Waals surface area contributed by atoms with Crippen molar-refractivity contribution in [3.8, 4) is 0 Å². The van der Waals surface area contributed by atoms with Crippen LogP contribution in [0.2, 0.25) is 0 Å². The quantitative estimate of drug-likeness (QED) is 0.373. The highest BCUT2D eigenvalue weighted by Gasteiger charge is 2.46. The second-order valence-corrected chi connectivity index (χ2v) is 11.0. The molecule has 0 bridgehead atoms. The molecule has 1 aliphatic carbocycles. The number of carbonyl (C=O) groups is 2. The summed E-state index contributed by atoms with van der Waals surface area (Å²) in [5.74, 6) is 0.258. The molecule has 0 spiro atoms. The fourth-order valence-corrected chi connectivity index (χ4v) is 6.00. The van der Waals surface area contributed by atoms with E-state index in [4.69, 9.17) is 4.74 Å². The van der Waals surface area contributed by atoms with Crippen LogP contribution >= 0.6 is 11.3 Å². The van der Waals surface area contributed by atoms with Gasteiger partial charge in [-0.1, -0.05) is 60.7 Å². The molecule has 0 radical (unpaired) electrons. The van der Waals surface area contributed by atoms with Crippen molar-refractivity contribution in [3.63, 3.8) is 0 Å². The van der Waals surface area contributed by atoms with Crippen LogP contribution in [0.15, 0.2) is 72.1 Å². The predicted molar refractivity (Wildman–Crippen MR) is 143 cm³/mol. The Kier molecular flexibility index (Phi) is 7.83. The van der Waals surface area contributed by atoms with E-state index in [1.165, 1.54) is 16.0 Å². The van der Waals surface area contributed by atoms with Gasteiger partial charge in [0.25, 0.3) is 0 Å². The Hall–Kier alpha value is -2.96. The second-order valence-electron chi connectivity index (χ2n) is 9.98. The van der Waals surface area contributed by atoms with E-state index in [-0.39, 0.29) is 36.3 Å². The summed E-state index contributed by atoms with van der Waals surface area (Å²) in [6, 6.07) is 22.4. The summed E-state index contributed by atoms with van der Waals surface area (Å²) >= 11 is 1.68. The Morgan fingerprint density at radius 1 is 0.972 bits per heavy atom. The fraction of sp³-hybridized carbons (Fsp3) is 0.400. The lowest BCUT2D eigenvalue weighted by Gasteiger charge is -2.29. The van der Waals surface area contributed by atoms with Gasteiger partial charge in [0.1, 0.15) is 0 Å². The van der Waals surface area contributed by atoms with E-state index >= 15 is 0 Å². The molecule has 3 atom stereocenters. The molecule has 5 rings (SSSR count). The largest absolute Gasteiger partial charge is 0.376 e. The maximum atomic E-state index is 13.8. The van der Waals surface area contributed by atoms with E-state index in [1.54, 1.807) is 16.2 Å². The molecule has 2 fully saturated rings. The third kappa shape index (κ3) is 6.05. The van der Waals surface area contributed by atoms with Crippen LogP contribution in [0.1, 0.15) is 46.7 Å². The van der Waals surface area contributed by atoms with Gasteiger partial charge in [0.05, 0.1) is 19.2 Å². The first-order valence-corrected chi connectivity index (χ1v) is 13.8. The molecule has 1 aromatic heterocycles. The van der Waals surface area contributed by atoms with E-state index in [0.29, 0.717) is 19.6 Å². The number of amides is 2. The first-order valence-electron chi connectivity index (χ1n) is 12.9. The lowest BCUT2D eigenvalue weighted by molar-refractivity contribution is -0.143. The molecule has 1 aliphatic heterocycles. The zero-order valence-corrected chi connectivity index (χ0v) is 21.7. The van der Waals surface area contributed by atoms with E-state index in [1.807, 2.05) is 53.4 Å². The number of ether oxygens (including phenoxy) is 1. The highest BCUT2D eigenvalue weighted by Crippen LogP contribution is 2.48. The highest BCUT2D eigenvalue weighted by atomic mass is 32.1. The molecule has 2 amide bonds. The van der Waals surface area contributed by atoms with Crippen molar-refractivity contribution < 1.29 is 14.3 Å². The van der Waals surface area contributed by atoms with E-state index in [9.17, 15) is 9.59 Å². The Bertz CT molecular complexity index is 1160. The van der Waals surface area contributed by atoms with Crippen LogP contribution in [0.4, 0.5) is 0 Å². The third-order valence-corrected chi connectivity index (χ3v) is 8.30. The lowest BCUT2D eigenvalue weighted by atomic mass is 10.1. The van der Waals surface area contributed by atoms with Crippen molar-refractivity contribution in [2.75, 3.05) is 19.7 Å². The number of aryl methyl sites for hydroxylation is 1. The zero-order valence-electron chi connectivity index (χ0n) is 20.8. The summed E-state index contributed by atoms with van der Waals surface area (Å²) in [6.07, 6.45) is 2.81. The van der Waals surface area contributed by atoms with Gasteiger partial charge in [-0.25, -0.2) is 0 Å². The van der Waals surface area contributed by atoms with Gasteiger partial charge in [-0.05, 0) is 60.2 Å². The summed E-state index contributed by atoms with van der Waals surface area (Å²) in [5, 5.41) is 2.07. The first kappa shape index (κ1) is 24.7.